The number of sulfonamides is 1. The van der Waals surface area contributed by atoms with Crippen LogP contribution in [0.1, 0.15) is 32.3 Å². The van der Waals surface area contributed by atoms with Gasteiger partial charge in [-0.05, 0) is 43.2 Å². The minimum atomic E-state index is -4.07. The third kappa shape index (κ3) is 8.05. The molecule has 12 heteroatoms. The quantitative estimate of drug-likeness (QED) is 0.421. The summed E-state index contributed by atoms with van der Waals surface area (Å²) >= 11 is 12.1. The van der Waals surface area contributed by atoms with E-state index in [9.17, 15) is 26.8 Å². The number of amides is 2. The van der Waals surface area contributed by atoms with Crippen molar-refractivity contribution < 1.29 is 26.8 Å². The lowest BCUT2D eigenvalue weighted by atomic mass is 10.1. The molecule has 0 aliphatic rings. The Kier molecular flexibility index (Phi) is 10.3. The molecule has 0 spiro atoms. The lowest BCUT2D eigenvalue weighted by Gasteiger charge is -2.31. The molecule has 0 fully saturated rings. The summed E-state index contributed by atoms with van der Waals surface area (Å²) in [6.45, 7) is 3.08. The van der Waals surface area contributed by atoms with Gasteiger partial charge in [-0.3, -0.25) is 13.9 Å². The maximum Gasteiger partial charge on any atom is 0.244 e. The van der Waals surface area contributed by atoms with Crippen LogP contribution in [0.4, 0.5) is 14.5 Å². The second kappa shape index (κ2) is 12.5. The van der Waals surface area contributed by atoms with E-state index in [-0.39, 0.29) is 17.3 Å². The van der Waals surface area contributed by atoms with E-state index < -0.39 is 46.1 Å². The Balaban J connectivity index is 2.39. The Labute approximate surface area is 214 Å². The molecular formula is C23H27Cl2F2N3O4S. The van der Waals surface area contributed by atoms with E-state index in [1.807, 2.05) is 6.92 Å². The standard InChI is InChI=1S/C23H27Cl2F2N3O4S/c1-4-5-10-28-23(32)15(2)29(13-16-6-8-18(24)19(25)11-16)22(31)14-30(35(3,33)34)17-7-9-20(26)21(27)12-17/h6-9,11-12,15H,4-5,10,13-14H2,1-3H3,(H,28,32)/t15-/m0/s1. The van der Waals surface area contributed by atoms with Crippen molar-refractivity contribution in [3.63, 3.8) is 0 Å². The van der Waals surface area contributed by atoms with Crippen LogP contribution in [-0.4, -0.2) is 50.5 Å². The van der Waals surface area contributed by atoms with Gasteiger partial charge in [0.05, 0.1) is 22.0 Å². The summed E-state index contributed by atoms with van der Waals surface area (Å²) < 4.78 is 52.7. The Morgan fingerprint density at radius 1 is 1.06 bits per heavy atom. The highest BCUT2D eigenvalue weighted by atomic mass is 35.5. The van der Waals surface area contributed by atoms with Crippen molar-refractivity contribution in [1.29, 1.82) is 0 Å². The number of nitrogens with one attached hydrogen (secondary N) is 1. The van der Waals surface area contributed by atoms with E-state index in [0.717, 1.165) is 31.2 Å². The van der Waals surface area contributed by atoms with Gasteiger partial charge >= 0.3 is 0 Å². The fourth-order valence-electron chi connectivity index (χ4n) is 3.21. The molecule has 0 unspecified atom stereocenters. The van der Waals surface area contributed by atoms with Crippen molar-refractivity contribution in [2.45, 2.75) is 39.3 Å². The molecule has 0 aliphatic carbocycles. The molecular weight excluding hydrogens is 523 g/mol. The molecule has 0 saturated carbocycles. The van der Waals surface area contributed by atoms with Gasteiger partial charge in [0.1, 0.15) is 12.6 Å². The molecule has 0 aromatic heterocycles. The van der Waals surface area contributed by atoms with Gasteiger partial charge in [0.25, 0.3) is 0 Å². The zero-order valence-corrected chi connectivity index (χ0v) is 21.9. The second-order valence-corrected chi connectivity index (χ2v) is 10.7. The minimum absolute atomic E-state index is 0.0759. The average molecular weight is 550 g/mol. The zero-order chi connectivity index (χ0) is 26.3. The van der Waals surface area contributed by atoms with Crippen molar-refractivity contribution >= 4 is 50.7 Å². The number of carbonyl (C=O) groups excluding carboxylic acids is 2. The van der Waals surface area contributed by atoms with Crippen molar-refractivity contribution in [3.05, 3.63) is 63.6 Å². The van der Waals surface area contributed by atoms with E-state index in [1.54, 1.807) is 6.07 Å². The van der Waals surface area contributed by atoms with E-state index in [4.69, 9.17) is 23.2 Å². The third-order valence-corrected chi connectivity index (χ3v) is 7.08. The highest BCUT2D eigenvalue weighted by molar-refractivity contribution is 7.92. The topological polar surface area (TPSA) is 86.8 Å². The van der Waals surface area contributed by atoms with E-state index in [0.29, 0.717) is 27.5 Å². The first-order chi connectivity index (χ1) is 16.3. The number of rotatable bonds is 11. The Bertz CT molecular complexity index is 1180. The molecule has 0 saturated heterocycles. The summed E-state index contributed by atoms with van der Waals surface area (Å²) in [5.41, 5.74) is 0.328. The number of anilines is 1. The van der Waals surface area contributed by atoms with Crippen LogP contribution in [0.2, 0.25) is 10.0 Å². The minimum Gasteiger partial charge on any atom is -0.354 e. The molecule has 2 aromatic rings. The van der Waals surface area contributed by atoms with Crippen LogP contribution in [0.25, 0.3) is 0 Å². The highest BCUT2D eigenvalue weighted by Gasteiger charge is 2.30. The van der Waals surface area contributed by atoms with Gasteiger partial charge in [-0.25, -0.2) is 17.2 Å². The van der Waals surface area contributed by atoms with Gasteiger partial charge in [0, 0.05) is 19.2 Å². The Morgan fingerprint density at radius 2 is 1.74 bits per heavy atom. The largest absolute Gasteiger partial charge is 0.354 e. The molecule has 0 bridgehead atoms. The summed E-state index contributed by atoms with van der Waals surface area (Å²) in [6.07, 6.45) is 2.45. The van der Waals surface area contributed by atoms with Crippen LogP contribution in [0.3, 0.4) is 0 Å². The van der Waals surface area contributed by atoms with Crippen molar-refractivity contribution in [3.8, 4) is 0 Å². The summed E-state index contributed by atoms with van der Waals surface area (Å²) in [5.74, 6) is -3.58. The molecule has 0 heterocycles. The summed E-state index contributed by atoms with van der Waals surface area (Å²) in [7, 11) is -4.07. The predicted molar refractivity (Wildman–Crippen MR) is 133 cm³/mol. The van der Waals surface area contributed by atoms with Gasteiger partial charge in [0.2, 0.25) is 21.8 Å². The molecule has 2 rings (SSSR count). The van der Waals surface area contributed by atoms with Gasteiger partial charge in [-0.1, -0.05) is 42.6 Å². The smallest absolute Gasteiger partial charge is 0.244 e. The van der Waals surface area contributed by atoms with Crippen LogP contribution >= 0.6 is 23.2 Å². The van der Waals surface area contributed by atoms with Crippen molar-refractivity contribution in [1.82, 2.24) is 10.2 Å². The maximum atomic E-state index is 13.8. The van der Waals surface area contributed by atoms with Crippen LogP contribution in [0.15, 0.2) is 36.4 Å². The van der Waals surface area contributed by atoms with Crippen molar-refractivity contribution in [2.75, 3.05) is 23.7 Å². The first kappa shape index (κ1) is 28.8. The second-order valence-electron chi connectivity index (χ2n) is 7.96. The number of benzene rings is 2. The fraction of sp³-hybridized carbons (Fsp3) is 0.391. The normalized spacial score (nSPS) is 12.2. The molecule has 2 amide bonds. The molecule has 7 nitrogen and oxygen atoms in total. The highest BCUT2D eigenvalue weighted by Crippen LogP contribution is 2.25. The first-order valence-corrected chi connectivity index (χ1v) is 13.4. The lowest BCUT2D eigenvalue weighted by molar-refractivity contribution is -0.139. The van der Waals surface area contributed by atoms with E-state index in [1.165, 1.54) is 24.0 Å². The summed E-state index contributed by atoms with van der Waals surface area (Å²) in [6, 6.07) is 6.24. The number of carbonyl (C=O) groups is 2. The fourth-order valence-corrected chi connectivity index (χ4v) is 4.37. The Morgan fingerprint density at radius 3 is 2.31 bits per heavy atom. The van der Waals surface area contributed by atoms with Gasteiger partial charge < -0.3 is 10.2 Å². The number of nitrogens with zero attached hydrogens (tertiary/aromatic N) is 2. The number of unbranched alkanes of at least 4 members (excludes halogenated alkanes) is 1. The van der Waals surface area contributed by atoms with E-state index >= 15 is 0 Å². The molecule has 2 aromatic carbocycles. The van der Waals surface area contributed by atoms with Crippen LogP contribution in [0, 0.1) is 11.6 Å². The third-order valence-electron chi connectivity index (χ3n) is 5.20. The van der Waals surface area contributed by atoms with Crippen LogP contribution in [-0.2, 0) is 26.2 Å². The molecule has 0 radical (unpaired) electrons. The monoisotopic (exact) mass is 549 g/mol. The number of hydrogen-bond donors (Lipinski definition) is 1. The number of hydrogen-bond acceptors (Lipinski definition) is 4. The summed E-state index contributed by atoms with van der Waals surface area (Å²) in [4.78, 5) is 27.3. The molecule has 0 aliphatic heterocycles. The van der Waals surface area contributed by atoms with Crippen LogP contribution in [0.5, 0.6) is 0 Å². The SMILES string of the molecule is CCCCNC(=O)[C@H](C)N(Cc1ccc(Cl)c(Cl)c1)C(=O)CN(c1ccc(F)c(F)c1)S(C)(=O)=O. The average Bonchev–Trinajstić information content (AvgIpc) is 2.78. The van der Waals surface area contributed by atoms with Gasteiger partial charge in [-0.15, -0.1) is 0 Å². The first-order valence-electron chi connectivity index (χ1n) is 10.8. The lowest BCUT2D eigenvalue weighted by Crippen LogP contribution is -2.51. The summed E-state index contributed by atoms with van der Waals surface area (Å²) in [5, 5.41) is 3.30. The van der Waals surface area contributed by atoms with Crippen molar-refractivity contribution in [2.24, 2.45) is 0 Å². The maximum absolute atomic E-state index is 13.8. The van der Waals surface area contributed by atoms with E-state index in [2.05, 4.69) is 5.32 Å². The predicted octanol–water partition coefficient (Wildman–Crippen LogP) is 4.37. The number of halogens is 4. The van der Waals surface area contributed by atoms with Gasteiger partial charge in [-0.2, -0.15) is 0 Å². The molecule has 1 N–H and O–H groups in total. The molecule has 192 valence electrons. The molecule has 1 atom stereocenters. The van der Waals surface area contributed by atoms with Gasteiger partial charge in [0.15, 0.2) is 11.6 Å². The molecule has 35 heavy (non-hydrogen) atoms. The Hall–Kier alpha value is -2.43. The zero-order valence-electron chi connectivity index (χ0n) is 19.5. The van der Waals surface area contributed by atoms with Crippen LogP contribution < -0.4 is 9.62 Å².